The molecule has 2 aromatic heterocycles. The molecule has 1 N–H and O–H groups in total. The van der Waals surface area contributed by atoms with Gasteiger partial charge in [-0.15, -0.1) is 5.10 Å². The van der Waals surface area contributed by atoms with E-state index in [2.05, 4.69) is 15.6 Å². The predicted molar refractivity (Wildman–Crippen MR) is 172 cm³/mol. The van der Waals surface area contributed by atoms with Gasteiger partial charge < -0.3 is 15.3 Å². The standard InChI is InChI=1S/C35H30ClF2N5O4/c1-47-34(45)16-21-9-12-26-22-5-4-6-23(17-22)27(7-2-3-8-33(44)39-29(26)15-21)32-13-10-24(19-43(32)46)28-18-25(36)11-14-31(28)42-20-30(35(37)38)40-41-42/h4-6,9-15,17-20,27,35H,2-3,7-8,16H2,1H3,(H,39,44). The largest absolute Gasteiger partial charge is 0.618 e. The van der Waals surface area contributed by atoms with Crippen LogP contribution in [0.25, 0.3) is 27.9 Å². The van der Waals surface area contributed by atoms with Gasteiger partial charge in [-0.3, -0.25) is 9.59 Å². The number of esters is 1. The lowest BCUT2D eigenvalue weighted by Gasteiger charge is -2.20. The van der Waals surface area contributed by atoms with E-state index in [1.165, 1.54) is 18.0 Å². The molecular formula is C35H30ClF2N5O4. The summed E-state index contributed by atoms with van der Waals surface area (Å²) in [4.78, 5) is 24.8. The van der Waals surface area contributed by atoms with Crippen LogP contribution in [0.1, 0.15) is 60.5 Å². The Hall–Kier alpha value is -5.16. The molecule has 3 aromatic carbocycles. The topological polar surface area (TPSA) is 113 Å². The minimum absolute atomic E-state index is 0.0769. The third-order valence-electron chi connectivity index (χ3n) is 8.23. The quantitative estimate of drug-likeness (QED) is 0.118. The van der Waals surface area contributed by atoms with Crippen molar-refractivity contribution in [3.05, 3.63) is 118 Å². The van der Waals surface area contributed by atoms with Crippen molar-refractivity contribution in [3.8, 4) is 27.9 Å². The fraction of sp³-hybridized carbons (Fsp3) is 0.229. The van der Waals surface area contributed by atoms with Gasteiger partial charge in [0.2, 0.25) is 5.91 Å². The molecule has 0 aliphatic carbocycles. The molecule has 12 heteroatoms. The lowest BCUT2D eigenvalue weighted by Crippen LogP contribution is -2.33. The van der Waals surface area contributed by atoms with Crippen LogP contribution in [0.15, 0.2) is 85.2 Å². The van der Waals surface area contributed by atoms with E-state index in [0.29, 0.717) is 64.5 Å². The molecule has 0 spiro atoms. The number of hydrogen-bond acceptors (Lipinski definition) is 6. The number of fused-ring (bicyclic) bond motifs is 4. The van der Waals surface area contributed by atoms with Gasteiger partial charge in [-0.2, -0.15) is 4.73 Å². The molecule has 1 atom stereocenters. The number of carbonyl (C=O) groups is 2. The monoisotopic (exact) mass is 657 g/mol. The van der Waals surface area contributed by atoms with Crippen LogP contribution in [-0.2, 0) is 20.7 Å². The highest BCUT2D eigenvalue weighted by molar-refractivity contribution is 6.31. The Kier molecular flexibility index (Phi) is 9.26. The summed E-state index contributed by atoms with van der Waals surface area (Å²) in [6.07, 6.45) is 2.11. The van der Waals surface area contributed by atoms with Crippen LogP contribution in [0.2, 0.25) is 5.02 Å². The van der Waals surface area contributed by atoms with Gasteiger partial charge >= 0.3 is 5.97 Å². The zero-order chi connectivity index (χ0) is 33.1. The van der Waals surface area contributed by atoms with E-state index >= 15 is 0 Å². The van der Waals surface area contributed by atoms with Crippen molar-refractivity contribution in [1.82, 2.24) is 15.0 Å². The molecular weight excluding hydrogens is 628 g/mol. The van der Waals surface area contributed by atoms with Crippen molar-refractivity contribution in [1.29, 1.82) is 0 Å². The van der Waals surface area contributed by atoms with E-state index in [1.54, 1.807) is 36.4 Å². The summed E-state index contributed by atoms with van der Waals surface area (Å²) in [6.45, 7) is 0. The number of nitrogens with zero attached hydrogens (tertiary/aromatic N) is 4. The molecule has 1 unspecified atom stereocenters. The first-order chi connectivity index (χ1) is 22.7. The number of carbonyl (C=O) groups excluding carboxylic acids is 2. The second-order valence-corrected chi connectivity index (χ2v) is 11.8. The molecule has 0 radical (unpaired) electrons. The van der Waals surface area contributed by atoms with Crippen LogP contribution in [0, 0.1) is 5.21 Å². The van der Waals surface area contributed by atoms with Crippen molar-refractivity contribution in [2.45, 2.75) is 44.4 Å². The minimum atomic E-state index is -2.78. The Labute approximate surface area is 274 Å². The second kappa shape index (κ2) is 13.7. The second-order valence-electron chi connectivity index (χ2n) is 11.3. The third kappa shape index (κ3) is 7.00. The lowest BCUT2D eigenvalue weighted by atomic mass is 9.87. The van der Waals surface area contributed by atoms with Crippen LogP contribution in [0.5, 0.6) is 0 Å². The number of aromatic nitrogens is 4. The molecule has 1 aliphatic heterocycles. The number of methoxy groups -OCH3 is 1. The summed E-state index contributed by atoms with van der Waals surface area (Å²) in [5.41, 5.74) is 5.41. The van der Waals surface area contributed by atoms with Gasteiger partial charge in [-0.25, -0.2) is 13.5 Å². The normalized spacial score (nSPS) is 14.9. The van der Waals surface area contributed by atoms with E-state index in [9.17, 15) is 23.6 Å². The van der Waals surface area contributed by atoms with E-state index < -0.39 is 12.1 Å². The summed E-state index contributed by atoms with van der Waals surface area (Å²) < 4.78 is 33.3. The number of benzene rings is 3. The van der Waals surface area contributed by atoms with Crippen molar-refractivity contribution in [2.75, 3.05) is 12.4 Å². The number of halogens is 3. The van der Waals surface area contributed by atoms with Gasteiger partial charge in [0.1, 0.15) is 5.69 Å². The average Bonchev–Trinajstić information content (AvgIpc) is 3.56. The van der Waals surface area contributed by atoms with Crippen molar-refractivity contribution in [2.24, 2.45) is 0 Å². The molecule has 1 aliphatic rings. The first kappa shape index (κ1) is 31.8. The summed E-state index contributed by atoms with van der Waals surface area (Å²) >= 11 is 6.31. The zero-order valence-corrected chi connectivity index (χ0v) is 26.1. The number of alkyl halides is 2. The Morgan fingerprint density at radius 3 is 2.70 bits per heavy atom. The maximum Gasteiger partial charge on any atom is 0.309 e. The lowest BCUT2D eigenvalue weighted by molar-refractivity contribution is -0.614. The molecule has 1 amide bonds. The van der Waals surface area contributed by atoms with Crippen molar-refractivity contribution in [3.63, 3.8) is 0 Å². The Bertz CT molecular complexity index is 1960. The smallest absolute Gasteiger partial charge is 0.309 e. The van der Waals surface area contributed by atoms with Crippen LogP contribution in [0.3, 0.4) is 0 Å². The van der Waals surface area contributed by atoms with Crippen LogP contribution in [-0.4, -0.2) is 34.0 Å². The number of hydrogen-bond donors (Lipinski definition) is 1. The minimum Gasteiger partial charge on any atom is -0.618 e. The van der Waals surface area contributed by atoms with Gasteiger partial charge in [0, 0.05) is 39.9 Å². The van der Waals surface area contributed by atoms with Crippen molar-refractivity contribution >= 4 is 29.2 Å². The number of ether oxygens (including phenoxy) is 1. The average molecular weight is 658 g/mol. The van der Waals surface area contributed by atoms with Gasteiger partial charge in [-0.05, 0) is 59.9 Å². The zero-order valence-electron chi connectivity index (χ0n) is 25.3. The maximum atomic E-state index is 13.8. The number of nitrogens with one attached hydrogen (secondary N) is 1. The van der Waals surface area contributed by atoms with E-state index in [1.807, 2.05) is 36.4 Å². The molecule has 6 rings (SSSR count). The van der Waals surface area contributed by atoms with Gasteiger partial charge in [-0.1, -0.05) is 59.6 Å². The molecule has 240 valence electrons. The van der Waals surface area contributed by atoms with Crippen LogP contribution in [0.4, 0.5) is 14.5 Å². The predicted octanol–water partition coefficient (Wildman–Crippen LogP) is 7.19. The fourth-order valence-electron chi connectivity index (χ4n) is 5.91. The molecule has 2 bridgehead atoms. The van der Waals surface area contributed by atoms with E-state index in [0.717, 1.165) is 27.6 Å². The number of amides is 1. The maximum absolute atomic E-state index is 13.8. The van der Waals surface area contributed by atoms with Gasteiger partial charge in [0.25, 0.3) is 6.43 Å². The SMILES string of the molecule is COC(=O)Cc1ccc2c(c1)NC(=O)CCCCC(c1ccc(-c3cc(Cl)ccc3-n3cc(C(F)F)nn3)c[n+]1[O-])c1cccc-2c1. The molecule has 47 heavy (non-hydrogen) atoms. The summed E-state index contributed by atoms with van der Waals surface area (Å²) in [5, 5.41) is 24.6. The number of anilines is 1. The highest BCUT2D eigenvalue weighted by Crippen LogP contribution is 2.36. The molecule has 9 nitrogen and oxygen atoms in total. The Balaban J connectivity index is 1.39. The van der Waals surface area contributed by atoms with Gasteiger partial charge in [0.15, 0.2) is 11.9 Å². The Morgan fingerprint density at radius 1 is 1.09 bits per heavy atom. The highest BCUT2D eigenvalue weighted by atomic mass is 35.5. The summed E-state index contributed by atoms with van der Waals surface area (Å²) in [5.74, 6) is -0.797. The molecule has 3 heterocycles. The highest BCUT2D eigenvalue weighted by Gasteiger charge is 2.25. The Morgan fingerprint density at radius 2 is 1.94 bits per heavy atom. The number of pyridine rings is 1. The van der Waals surface area contributed by atoms with Gasteiger partial charge in [0.05, 0.1) is 31.3 Å². The van der Waals surface area contributed by atoms with E-state index in [-0.39, 0.29) is 24.2 Å². The summed E-state index contributed by atoms with van der Waals surface area (Å²) in [6, 6.07) is 21.8. The fourth-order valence-corrected chi connectivity index (χ4v) is 6.08. The summed E-state index contributed by atoms with van der Waals surface area (Å²) in [7, 11) is 1.33. The van der Waals surface area contributed by atoms with Crippen LogP contribution >= 0.6 is 11.6 Å². The first-order valence-corrected chi connectivity index (χ1v) is 15.4. The molecule has 5 aromatic rings. The first-order valence-electron chi connectivity index (χ1n) is 15.0. The molecule has 0 saturated carbocycles. The van der Waals surface area contributed by atoms with E-state index in [4.69, 9.17) is 16.3 Å². The number of rotatable bonds is 6. The molecule has 0 saturated heterocycles. The molecule has 0 fully saturated rings. The third-order valence-corrected chi connectivity index (χ3v) is 8.47. The van der Waals surface area contributed by atoms with Crippen molar-refractivity contribution < 1.29 is 27.8 Å². The van der Waals surface area contributed by atoms with Crippen LogP contribution < -0.4 is 10.0 Å².